The second kappa shape index (κ2) is 5.78. The molecule has 1 aromatic carbocycles. The van der Waals surface area contributed by atoms with Crippen molar-refractivity contribution in [2.24, 2.45) is 5.41 Å². The van der Waals surface area contributed by atoms with Crippen molar-refractivity contribution in [2.45, 2.75) is 34.1 Å². The molecule has 0 heterocycles. The largest absolute Gasteiger partial charge is 0.319 e. The van der Waals surface area contributed by atoms with Crippen molar-refractivity contribution in [3.05, 3.63) is 29.8 Å². The normalized spacial score (nSPS) is 10.9. The Hall–Kier alpha value is -1.97. The van der Waals surface area contributed by atoms with Crippen LogP contribution in [-0.2, 0) is 9.59 Å². The van der Waals surface area contributed by atoms with Crippen molar-refractivity contribution in [2.75, 3.05) is 5.32 Å². The van der Waals surface area contributed by atoms with Crippen LogP contribution in [0.3, 0.4) is 0 Å². The third-order valence-corrected chi connectivity index (χ3v) is 2.67. The molecule has 0 saturated carbocycles. The van der Waals surface area contributed by atoms with Gasteiger partial charge in [0.1, 0.15) is 0 Å². The van der Waals surface area contributed by atoms with Gasteiger partial charge in [-0.05, 0) is 24.3 Å². The standard InChI is InChI=1S/C15H19NO3/c1-5-12(17)10-6-8-11(9-7-10)16-14(19)13(18)15(2,3)4/h6-9H,5H2,1-4H3,(H,16,19). The Bertz CT molecular complexity index is 495. The second-order valence-electron chi connectivity index (χ2n) is 5.39. The summed E-state index contributed by atoms with van der Waals surface area (Å²) < 4.78 is 0. The van der Waals surface area contributed by atoms with E-state index >= 15 is 0 Å². The SMILES string of the molecule is CCC(=O)c1ccc(NC(=O)C(=O)C(C)(C)C)cc1. The molecule has 1 aromatic rings. The molecule has 19 heavy (non-hydrogen) atoms. The zero-order valence-corrected chi connectivity index (χ0v) is 11.7. The highest BCUT2D eigenvalue weighted by atomic mass is 16.2. The fourth-order valence-corrected chi connectivity index (χ4v) is 1.47. The Morgan fingerprint density at radius 3 is 2.00 bits per heavy atom. The molecule has 0 unspecified atom stereocenters. The third kappa shape index (κ3) is 4.02. The van der Waals surface area contributed by atoms with Gasteiger partial charge in [-0.15, -0.1) is 0 Å². The van der Waals surface area contributed by atoms with Crippen molar-refractivity contribution in [3.63, 3.8) is 0 Å². The zero-order valence-electron chi connectivity index (χ0n) is 11.7. The molecular weight excluding hydrogens is 242 g/mol. The predicted octanol–water partition coefficient (Wildman–Crippen LogP) is 2.83. The van der Waals surface area contributed by atoms with Crippen LogP contribution in [0.2, 0.25) is 0 Å². The highest BCUT2D eigenvalue weighted by Gasteiger charge is 2.28. The van der Waals surface area contributed by atoms with E-state index in [1.807, 2.05) is 0 Å². The summed E-state index contributed by atoms with van der Waals surface area (Å²) in [6.07, 6.45) is 0.439. The average molecular weight is 261 g/mol. The van der Waals surface area contributed by atoms with Crippen LogP contribution in [0, 0.1) is 5.41 Å². The monoisotopic (exact) mass is 261 g/mol. The van der Waals surface area contributed by atoms with Crippen LogP contribution in [0.5, 0.6) is 0 Å². The number of benzene rings is 1. The molecule has 0 spiro atoms. The van der Waals surface area contributed by atoms with Crippen LogP contribution >= 0.6 is 0 Å². The first-order valence-corrected chi connectivity index (χ1v) is 6.24. The lowest BCUT2D eigenvalue weighted by molar-refractivity contribution is -0.139. The molecule has 1 N–H and O–H groups in total. The minimum atomic E-state index is -0.706. The first-order chi connectivity index (χ1) is 8.75. The summed E-state index contributed by atoms with van der Waals surface area (Å²) in [7, 11) is 0. The molecule has 4 heteroatoms. The van der Waals surface area contributed by atoms with Gasteiger partial charge in [0.2, 0.25) is 5.78 Å². The molecule has 0 atom stereocenters. The van der Waals surface area contributed by atoms with Crippen molar-refractivity contribution >= 4 is 23.2 Å². The van der Waals surface area contributed by atoms with E-state index in [1.165, 1.54) is 0 Å². The first-order valence-electron chi connectivity index (χ1n) is 6.24. The number of carbonyl (C=O) groups excluding carboxylic acids is 3. The lowest BCUT2D eigenvalue weighted by Gasteiger charge is -2.15. The maximum atomic E-state index is 11.7. The Labute approximate surface area is 113 Å². The Morgan fingerprint density at radius 2 is 1.58 bits per heavy atom. The number of hydrogen-bond acceptors (Lipinski definition) is 3. The van der Waals surface area contributed by atoms with Crippen molar-refractivity contribution < 1.29 is 14.4 Å². The van der Waals surface area contributed by atoms with Gasteiger partial charge in [-0.25, -0.2) is 0 Å². The zero-order chi connectivity index (χ0) is 14.6. The van der Waals surface area contributed by atoms with E-state index < -0.39 is 17.1 Å². The molecule has 1 rings (SSSR count). The molecule has 0 saturated heterocycles. The number of carbonyl (C=O) groups is 3. The number of ketones is 2. The van der Waals surface area contributed by atoms with Gasteiger partial charge in [0, 0.05) is 23.1 Å². The molecule has 0 aliphatic carbocycles. The van der Waals surface area contributed by atoms with Crippen LogP contribution < -0.4 is 5.32 Å². The summed E-state index contributed by atoms with van der Waals surface area (Å²) in [6.45, 7) is 6.87. The molecule has 0 aliphatic rings. The summed E-state index contributed by atoms with van der Waals surface area (Å²) in [5.41, 5.74) is 0.403. The van der Waals surface area contributed by atoms with E-state index in [9.17, 15) is 14.4 Å². The number of Topliss-reactive ketones (excluding diaryl/α,β-unsaturated/α-hetero) is 2. The molecule has 1 amide bonds. The van der Waals surface area contributed by atoms with Gasteiger partial charge in [0.15, 0.2) is 5.78 Å². The minimum Gasteiger partial charge on any atom is -0.319 e. The lowest BCUT2D eigenvalue weighted by Crippen LogP contribution is -2.33. The fourth-order valence-electron chi connectivity index (χ4n) is 1.47. The van der Waals surface area contributed by atoms with Gasteiger partial charge in [-0.2, -0.15) is 0 Å². The maximum Gasteiger partial charge on any atom is 0.292 e. The lowest BCUT2D eigenvalue weighted by atomic mass is 9.90. The predicted molar refractivity (Wildman–Crippen MR) is 74.2 cm³/mol. The van der Waals surface area contributed by atoms with Gasteiger partial charge in [0.05, 0.1) is 0 Å². The number of rotatable bonds is 4. The van der Waals surface area contributed by atoms with Crippen molar-refractivity contribution in [1.82, 2.24) is 0 Å². The van der Waals surface area contributed by atoms with Crippen LogP contribution in [0.1, 0.15) is 44.5 Å². The van der Waals surface area contributed by atoms with Crippen LogP contribution in [-0.4, -0.2) is 17.5 Å². The van der Waals surface area contributed by atoms with Gasteiger partial charge < -0.3 is 5.32 Å². The van der Waals surface area contributed by atoms with Crippen molar-refractivity contribution in [1.29, 1.82) is 0 Å². The summed E-state index contributed by atoms with van der Waals surface area (Å²) in [4.78, 5) is 34.9. The molecule has 0 aromatic heterocycles. The maximum absolute atomic E-state index is 11.7. The average Bonchev–Trinajstić information content (AvgIpc) is 2.36. The Kier molecular flexibility index (Phi) is 4.59. The van der Waals surface area contributed by atoms with E-state index in [1.54, 1.807) is 52.0 Å². The number of nitrogens with one attached hydrogen (secondary N) is 1. The molecule has 4 nitrogen and oxygen atoms in total. The second-order valence-corrected chi connectivity index (χ2v) is 5.39. The van der Waals surface area contributed by atoms with E-state index in [0.29, 0.717) is 17.7 Å². The van der Waals surface area contributed by atoms with Crippen molar-refractivity contribution in [3.8, 4) is 0 Å². The van der Waals surface area contributed by atoms with Crippen LogP contribution in [0.15, 0.2) is 24.3 Å². The number of hydrogen-bond donors (Lipinski definition) is 1. The minimum absolute atomic E-state index is 0.0450. The quantitative estimate of drug-likeness (QED) is 0.669. The van der Waals surface area contributed by atoms with E-state index in [0.717, 1.165) is 0 Å². The fraction of sp³-hybridized carbons (Fsp3) is 0.400. The Balaban J connectivity index is 2.76. The Morgan fingerprint density at radius 1 is 1.05 bits per heavy atom. The number of amides is 1. The van der Waals surface area contributed by atoms with Crippen LogP contribution in [0.4, 0.5) is 5.69 Å². The summed E-state index contributed by atoms with van der Waals surface area (Å²) in [6, 6.07) is 6.53. The topological polar surface area (TPSA) is 63.2 Å². The highest BCUT2D eigenvalue weighted by Crippen LogP contribution is 2.17. The third-order valence-electron chi connectivity index (χ3n) is 2.67. The van der Waals surface area contributed by atoms with Gasteiger partial charge in [-0.3, -0.25) is 14.4 Å². The van der Waals surface area contributed by atoms with E-state index in [-0.39, 0.29) is 5.78 Å². The molecule has 0 aliphatic heterocycles. The molecule has 0 radical (unpaired) electrons. The molecule has 102 valence electrons. The van der Waals surface area contributed by atoms with E-state index in [2.05, 4.69) is 5.32 Å². The van der Waals surface area contributed by atoms with Gasteiger partial charge in [0.25, 0.3) is 5.91 Å². The smallest absolute Gasteiger partial charge is 0.292 e. The highest BCUT2D eigenvalue weighted by molar-refractivity contribution is 6.42. The summed E-state index contributed by atoms with van der Waals surface area (Å²) >= 11 is 0. The molecule has 0 bridgehead atoms. The first kappa shape index (κ1) is 15.1. The van der Waals surface area contributed by atoms with Crippen LogP contribution in [0.25, 0.3) is 0 Å². The summed E-state index contributed by atoms with van der Waals surface area (Å²) in [5.74, 6) is -1.06. The number of anilines is 1. The van der Waals surface area contributed by atoms with Gasteiger partial charge >= 0.3 is 0 Å². The molecule has 0 fully saturated rings. The van der Waals surface area contributed by atoms with E-state index in [4.69, 9.17) is 0 Å². The summed E-state index contributed by atoms with van der Waals surface area (Å²) in [5, 5.41) is 2.53. The molecular formula is C15H19NO3. The van der Waals surface area contributed by atoms with Gasteiger partial charge in [-0.1, -0.05) is 27.7 Å².